The molecule has 40 heavy (non-hydrogen) atoms. The largest absolute Gasteiger partial charge is 0.510 e. The number of nitrogens with one attached hydrogen (secondary N) is 1. The molecule has 2 unspecified atom stereocenters. The first-order valence-corrected chi connectivity index (χ1v) is 13.0. The van der Waals surface area contributed by atoms with E-state index < -0.39 is 86.7 Å². The number of aliphatic hydroxyl groups excluding tert-OH is 2. The number of nitrogens with zero attached hydrogens (tertiary/aromatic N) is 2. The minimum absolute atomic E-state index is 0.0201. The van der Waals surface area contributed by atoms with Crippen molar-refractivity contribution in [1.29, 1.82) is 0 Å². The van der Waals surface area contributed by atoms with Crippen molar-refractivity contribution in [2.75, 3.05) is 39.0 Å². The molecule has 0 saturated carbocycles. The zero-order valence-corrected chi connectivity index (χ0v) is 22.0. The number of primary amides is 1. The second-order valence-corrected chi connectivity index (χ2v) is 11.1. The van der Waals surface area contributed by atoms with Crippen LogP contribution in [0.2, 0.25) is 0 Å². The number of benzene rings is 1. The fourth-order valence-electron chi connectivity index (χ4n) is 6.70. The van der Waals surface area contributed by atoms with Crippen LogP contribution in [0.5, 0.6) is 5.75 Å². The summed E-state index contributed by atoms with van der Waals surface area (Å²) in [4.78, 5) is 55.0. The third kappa shape index (κ3) is 3.99. The molecule has 4 atom stereocenters. The molecule has 5 rings (SSSR count). The fourth-order valence-corrected chi connectivity index (χ4v) is 6.70. The summed E-state index contributed by atoms with van der Waals surface area (Å²) in [5.74, 6) is -9.63. The maximum Gasteiger partial charge on any atom is 0.255 e. The Bertz CT molecular complexity index is 1410. The van der Waals surface area contributed by atoms with Crippen LogP contribution in [0.15, 0.2) is 28.7 Å². The maximum atomic E-state index is 15.4. The molecule has 1 aromatic rings. The van der Waals surface area contributed by atoms with E-state index in [4.69, 9.17) is 5.73 Å². The summed E-state index contributed by atoms with van der Waals surface area (Å²) in [6, 6.07) is -0.214. The van der Waals surface area contributed by atoms with Gasteiger partial charge in [0.05, 0.1) is 23.8 Å². The van der Waals surface area contributed by atoms with Gasteiger partial charge >= 0.3 is 0 Å². The normalized spacial score (nSPS) is 28.5. The van der Waals surface area contributed by atoms with Gasteiger partial charge < -0.3 is 31.5 Å². The Hall–Kier alpha value is -3.81. The van der Waals surface area contributed by atoms with Crippen molar-refractivity contribution < 1.29 is 44.0 Å². The van der Waals surface area contributed by atoms with E-state index in [2.05, 4.69) is 5.32 Å². The van der Waals surface area contributed by atoms with E-state index in [9.17, 15) is 39.6 Å². The molecule has 1 aliphatic heterocycles. The number of halogens is 1. The summed E-state index contributed by atoms with van der Waals surface area (Å²) in [6.07, 6.45) is 1.56. The minimum Gasteiger partial charge on any atom is -0.510 e. The number of rotatable bonds is 5. The lowest BCUT2D eigenvalue weighted by molar-refractivity contribution is -0.148. The zero-order valence-electron chi connectivity index (χ0n) is 22.0. The molecule has 1 saturated heterocycles. The van der Waals surface area contributed by atoms with Gasteiger partial charge in [0.15, 0.2) is 17.1 Å². The molecule has 0 spiro atoms. The van der Waals surface area contributed by atoms with Crippen molar-refractivity contribution in [2.45, 2.75) is 37.3 Å². The highest BCUT2D eigenvalue weighted by Gasteiger charge is 2.63. The zero-order chi connectivity index (χ0) is 29.3. The van der Waals surface area contributed by atoms with Crippen LogP contribution < -0.4 is 11.1 Å². The van der Waals surface area contributed by atoms with Gasteiger partial charge in [0.2, 0.25) is 11.7 Å². The van der Waals surface area contributed by atoms with Gasteiger partial charge in [0.25, 0.3) is 5.91 Å². The van der Waals surface area contributed by atoms with Crippen molar-refractivity contribution in [3.05, 3.63) is 45.7 Å². The van der Waals surface area contributed by atoms with E-state index in [1.807, 2.05) is 4.90 Å². The lowest BCUT2D eigenvalue weighted by atomic mass is 9.58. The number of phenolic OH excluding ortho intramolecular Hbond substituents is 1. The number of fused-ring (bicyclic) bond motifs is 3. The van der Waals surface area contributed by atoms with Crippen molar-refractivity contribution in [3.63, 3.8) is 0 Å². The number of hydrogen-bond acceptors (Lipinski definition) is 10. The molecular weight excluding hydrogens is 527 g/mol. The van der Waals surface area contributed by atoms with Gasteiger partial charge in [-0.15, -0.1) is 0 Å². The number of aromatic hydroxyl groups is 1. The number of hydrogen-bond donors (Lipinski definition) is 6. The maximum absolute atomic E-state index is 15.4. The number of nitrogens with two attached hydrogens (primary N) is 1. The van der Waals surface area contributed by atoms with Gasteiger partial charge in [-0.1, -0.05) is 0 Å². The second-order valence-electron chi connectivity index (χ2n) is 11.1. The van der Waals surface area contributed by atoms with Crippen LogP contribution in [0, 0.1) is 17.7 Å². The van der Waals surface area contributed by atoms with E-state index in [1.165, 1.54) is 19.0 Å². The Morgan fingerprint density at radius 3 is 2.45 bits per heavy atom. The molecule has 0 bridgehead atoms. The third-order valence-corrected chi connectivity index (χ3v) is 8.51. The van der Waals surface area contributed by atoms with E-state index >= 15 is 4.39 Å². The van der Waals surface area contributed by atoms with Crippen LogP contribution in [0.3, 0.4) is 0 Å². The summed E-state index contributed by atoms with van der Waals surface area (Å²) < 4.78 is 15.4. The van der Waals surface area contributed by atoms with Crippen molar-refractivity contribution in [1.82, 2.24) is 9.80 Å². The highest BCUT2D eigenvalue weighted by molar-refractivity contribution is 6.25. The highest BCUT2D eigenvalue weighted by atomic mass is 19.1. The predicted molar refractivity (Wildman–Crippen MR) is 138 cm³/mol. The Balaban J connectivity index is 1.58. The number of carbonyl (C=O) groups is 4. The van der Waals surface area contributed by atoms with Gasteiger partial charge in [0.1, 0.15) is 22.9 Å². The first kappa shape index (κ1) is 27.7. The van der Waals surface area contributed by atoms with E-state index in [0.717, 1.165) is 32.0 Å². The lowest BCUT2D eigenvalue weighted by Crippen LogP contribution is -2.63. The molecule has 0 radical (unpaired) electrons. The quantitative estimate of drug-likeness (QED) is 0.216. The molecule has 1 heterocycles. The number of likely N-dealkylation sites (tertiary alicyclic amines) is 1. The standard InChI is InChI=1S/C27H31FN4O8/c1-31(2)20-13-8-11-7-12-14(28)9-15(30-16(33)10-32-5-3-4-6-32)21(34)18(12)22(35)17(11)24(37)27(13,40)25(38)19(23(20)36)26(29)39/h9,11,13,20,34,36-37,40H,3-8,10H2,1-2H3,(H2,29,39)(H,30,33)/t11?,13?,20-,27-/m0/s1. The van der Waals surface area contributed by atoms with Crippen molar-refractivity contribution >= 4 is 29.1 Å². The molecule has 12 nitrogen and oxygen atoms in total. The van der Waals surface area contributed by atoms with Crippen molar-refractivity contribution in [3.8, 4) is 5.75 Å². The molecule has 7 N–H and O–H groups in total. The first-order valence-electron chi connectivity index (χ1n) is 13.0. The SMILES string of the molecule is CN(C)[C@@H]1C(O)=C(C(N)=O)C(=O)[C@@]2(O)C(O)=C3C(=O)c4c(O)c(NC(=O)CN5CCCC5)cc(F)c4CC3CC12. The number of Topliss-reactive ketones (excluding diaryl/α,β-unsaturated/α-hetero) is 2. The van der Waals surface area contributed by atoms with Crippen LogP contribution in [-0.4, -0.2) is 99.0 Å². The molecular formula is C27H31FN4O8. The lowest BCUT2D eigenvalue weighted by Gasteiger charge is -2.50. The molecule has 214 valence electrons. The third-order valence-electron chi connectivity index (χ3n) is 8.51. The molecule has 1 fully saturated rings. The molecule has 13 heteroatoms. The number of allylic oxidation sites excluding steroid dienone is 1. The molecule has 3 aliphatic carbocycles. The average molecular weight is 559 g/mol. The average Bonchev–Trinajstić information content (AvgIpc) is 3.37. The predicted octanol–water partition coefficient (Wildman–Crippen LogP) is 0.294. The number of amides is 2. The number of phenols is 1. The van der Waals surface area contributed by atoms with Gasteiger partial charge in [0, 0.05) is 23.1 Å². The number of carbonyl (C=O) groups excluding carboxylic acids is 4. The van der Waals surface area contributed by atoms with E-state index in [-0.39, 0.29) is 30.6 Å². The monoisotopic (exact) mass is 558 g/mol. The number of ketones is 2. The molecule has 2 amide bonds. The Morgan fingerprint density at radius 1 is 1.20 bits per heavy atom. The fraction of sp³-hybridized carbons (Fsp3) is 0.481. The molecule has 0 aromatic heterocycles. The molecule has 1 aromatic carbocycles. The van der Waals surface area contributed by atoms with Gasteiger partial charge in [-0.3, -0.25) is 29.0 Å². The Kier molecular flexibility index (Phi) is 6.71. The topological polar surface area (TPSA) is 194 Å². The van der Waals surface area contributed by atoms with Crippen LogP contribution in [0.1, 0.15) is 35.2 Å². The second kappa shape index (κ2) is 9.68. The van der Waals surface area contributed by atoms with Crippen LogP contribution >= 0.6 is 0 Å². The van der Waals surface area contributed by atoms with E-state index in [1.54, 1.807) is 0 Å². The van der Waals surface area contributed by atoms with Gasteiger partial charge in [-0.25, -0.2) is 4.39 Å². The molecule has 4 aliphatic rings. The Labute approximate surface area is 228 Å². The van der Waals surface area contributed by atoms with Crippen LogP contribution in [-0.2, 0) is 20.8 Å². The van der Waals surface area contributed by atoms with Gasteiger partial charge in [-0.05, 0) is 58.8 Å². The highest BCUT2D eigenvalue weighted by Crippen LogP contribution is 2.53. The summed E-state index contributed by atoms with van der Waals surface area (Å²) in [5, 5.41) is 47.1. The van der Waals surface area contributed by atoms with Crippen LogP contribution in [0.25, 0.3) is 0 Å². The van der Waals surface area contributed by atoms with Crippen molar-refractivity contribution in [2.24, 2.45) is 17.6 Å². The number of likely N-dealkylation sites (N-methyl/N-ethyl adjacent to an activating group) is 1. The number of anilines is 1. The first-order chi connectivity index (χ1) is 18.8. The van der Waals surface area contributed by atoms with Gasteiger partial charge in [-0.2, -0.15) is 0 Å². The summed E-state index contributed by atoms with van der Waals surface area (Å²) >= 11 is 0. The number of aliphatic hydroxyl groups is 3. The van der Waals surface area contributed by atoms with E-state index in [0.29, 0.717) is 0 Å². The Morgan fingerprint density at radius 2 is 1.85 bits per heavy atom. The smallest absolute Gasteiger partial charge is 0.255 e. The summed E-state index contributed by atoms with van der Waals surface area (Å²) in [7, 11) is 3.04. The minimum atomic E-state index is -2.79. The summed E-state index contributed by atoms with van der Waals surface area (Å²) in [5.41, 5.74) is 0.233. The van der Waals surface area contributed by atoms with Crippen LogP contribution in [0.4, 0.5) is 10.1 Å². The summed E-state index contributed by atoms with van der Waals surface area (Å²) in [6.45, 7) is 1.48.